The molecular formula is C22H16Br2N2. The minimum Gasteiger partial charge on any atom is -0.232 e. The molecule has 0 aliphatic carbocycles. The zero-order valence-electron chi connectivity index (χ0n) is 14.2. The van der Waals surface area contributed by atoms with E-state index in [9.17, 15) is 0 Å². The summed E-state index contributed by atoms with van der Waals surface area (Å²) in [7, 11) is 0. The number of nitrogens with zero attached hydrogens (tertiary/aromatic N) is 2. The fourth-order valence-electron chi connectivity index (χ4n) is 2.92. The van der Waals surface area contributed by atoms with Crippen LogP contribution in [0.3, 0.4) is 0 Å². The predicted octanol–water partition coefficient (Wildman–Crippen LogP) is 7.04. The van der Waals surface area contributed by atoms with Crippen LogP contribution in [0.25, 0.3) is 28.2 Å². The van der Waals surface area contributed by atoms with Crippen LogP contribution in [0.2, 0.25) is 0 Å². The summed E-state index contributed by atoms with van der Waals surface area (Å²) in [5, 5.41) is 4.91. The van der Waals surface area contributed by atoms with E-state index in [0.29, 0.717) is 0 Å². The quantitative estimate of drug-likeness (QED) is 0.316. The van der Waals surface area contributed by atoms with E-state index in [2.05, 4.69) is 93.4 Å². The summed E-state index contributed by atoms with van der Waals surface area (Å²) in [4.78, 5) is 0. The molecule has 0 saturated heterocycles. The third-order valence-corrected chi connectivity index (χ3v) is 5.13. The number of hydrogen-bond acceptors (Lipinski definition) is 1. The van der Waals surface area contributed by atoms with Crippen molar-refractivity contribution in [3.8, 4) is 28.2 Å². The molecule has 0 aliphatic rings. The second-order valence-corrected chi connectivity index (χ2v) is 8.02. The van der Waals surface area contributed by atoms with Gasteiger partial charge in [0.05, 0.1) is 17.1 Å². The summed E-state index contributed by atoms with van der Waals surface area (Å²) in [6.07, 6.45) is 0. The summed E-state index contributed by atoms with van der Waals surface area (Å²) < 4.78 is 4.02. The van der Waals surface area contributed by atoms with Gasteiger partial charge in [0, 0.05) is 20.1 Å². The van der Waals surface area contributed by atoms with Gasteiger partial charge in [0.15, 0.2) is 0 Å². The number of benzene rings is 3. The lowest BCUT2D eigenvalue weighted by Gasteiger charge is -2.09. The average molecular weight is 468 g/mol. The van der Waals surface area contributed by atoms with Gasteiger partial charge in [-0.15, -0.1) is 0 Å². The largest absolute Gasteiger partial charge is 0.232 e. The first-order chi connectivity index (χ1) is 12.6. The second kappa shape index (κ2) is 7.22. The van der Waals surface area contributed by atoms with Crippen LogP contribution < -0.4 is 0 Å². The highest BCUT2D eigenvalue weighted by molar-refractivity contribution is 9.11. The van der Waals surface area contributed by atoms with Crippen LogP contribution in [-0.2, 0) is 0 Å². The molecular weight excluding hydrogens is 452 g/mol. The molecule has 0 fully saturated rings. The van der Waals surface area contributed by atoms with Crippen molar-refractivity contribution in [1.82, 2.24) is 9.78 Å². The summed E-state index contributed by atoms with van der Waals surface area (Å²) in [6.45, 7) is 2.10. The molecule has 0 saturated carbocycles. The molecule has 0 bridgehead atoms. The topological polar surface area (TPSA) is 17.8 Å². The van der Waals surface area contributed by atoms with Gasteiger partial charge in [-0.05, 0) is 31.2 Å². The molecule has 1 aromatic heterocycles. The zero-order valence-corrected chi connectivity index (χ0v) is 17.3. The minimum atomic E-state index is 0.956. The normalized spacial score (nSPS) is 10.9. The summed E-state index contributed by atoms with van der Waals surface area (Å²) >= 11 is 7.16. The van der Waals surface area contributed by atoms with Crippen molar-refractivity contribution in [3.05, 3.63) is 93.4 Å². The van der Waals surface area contributed by atoms with Crippen LogP contribution in [0.1, 0.15) is 5.56 Å². The summed E-state index contributed by atoms with van der Waals surface area (Å²) in [6, 6.07) is 27.1. The summed E-state index contributed by atoms with van der Waals surface area (Å²) in [5.74, 6) is 0. The van der Waals surface area contributed by atoms with E-state index < -0.39 is 0 Å². The van der Waals surface area contributed by atoms with Crippen molar-refractivity contribution in [3.63, 3.8) is 0 Å². The van der Waals surface area contributed by atoms with E-state index in [-0.39, 0.29) is 0 Å². The molecule has 4 heteroatoms. The molecule has 0 atom stereocenters. The number of rotatable bonds is 3. The van der Waals surface area contributed by atoms with E-state index in [1.54, 1.807) is 0 Å². The van der Waals surface area contributed by atoms with Crippen molar-refractivity contribution < 1.29 is 0 Å². The van der Waals surface area contributed by atoms with Crippen LogP contribution in [0.4, 0.5) is 0 Å². The maximum absolute atomic E-state index is 4.91. The molecule has 0 unspecified atom stereocenters. The van der Waals surface area contributed by atoms with Crippen LogP contribution in [0, 0.1) is 6.92 Å². The van der Waals surface area contributed by atoms with Crippen molar-refractivity contribution in [2.75, 3.05) is 0 Å². The first-order valence-corrected chi connectivity index (χ1v) is 9.88. The number of halogens is 2. The van der Waals surface area contributed by atoms with Gasteiger partial charge in [-0.1, -0.05) is 92.0 Å². The Morgan fingerprint density at radius 1 is 0.731 bits per heavy atom. The van der Waals surface area contributed by atoms with Gasteiger partial charge in [0.2, 0.25) is 0 Å². The molecule has 0 aliphatic heterocycles. The number of aryl methyl sites for hydroxylation is 1. The Morgan fingerprint density at radius 3 is 2.04 bits per heavy atom. The lowest BCUT2D eigenvalue weighted by Crippen LogP contribution is -1.99. The molecule has 26 heavy (non-hydrogen) atoms. The predicted molar refractivity (Wildman–Crippen MR) is 115 cm³/mol. The Morgan fingerprint density at radius 2 is 1.38 bits per heavy atom. The van der Waals surface area contributed by atoms with Gasteiger partial charge in [0.1, 0.15) is 0 Å². The highest BCUT2D eigenvalue weighted by Gasteiger charge is 2.14. The Kier molecular flexibility index (Phi) is 4.79. The van der Waals surface area contributed by atoms with Gasteiger partial charge < -0.3 is 0 Å². The molecule has 4 rings (SSSR count). The van der Waals surface area contributed by atoms with Crippen LogP contribution in [0.5, 0.6) is 0 Å². The first kappa shape index (κ1) is 17.3. The molecule has 0 amide bonds. The van der Waals surface area contributed by atoms with Gasteiger partial charge >= 0.3 is 0 Å². The molecule has 0 N–H and O–H groups in total. The van der Waals surface area contributed by atoms with E-state index in [4.69, 9.17) is 5.10 Å². The average Bonchev–Trinajstić information content (AvgIpc) is 3.08. The van der Waals surface area contributed by atoms with Gasteiger partial charge in [-0.3, -0.25) is 0 Å². The minimum absolute atomic E-state index is 0.956. The maximum Gasteiger partial charge on any atom is 0.0934 e. The van der Waals surface area contributed by atoms with Gasteiger partial charge in [-0.25, -0.2) is 4.68 Å². The van der Waals surface area contributed by atoms with Crippen LogP contribution in [-0.4, -0.2) is 9.78 Å². The zero-order chi connectivity index (χ0) is 18.1. The number of hydrogen-bond donors (Lipinski definition) is 0. The van der Waals surface area contributed by atoms with E-state index in [1.165, 1.54) is 5.56 Å². The van der Waals surface area contributed by atoms with E-state index in [0.717, 1.165) is 37.1 Å². The Balaban J connectivity index is 1.93. The smallest absolute Gasteiger partial charge is 0.0934 e. The van der Waals surface area contributed by atoms with Crippen LogP contribution in [0.15, 0.2) is 87.8 Å². The molecule has 3 aromatic carbocycles. The monoisotopic (exact) mass is 466 g/mol. The Labute approximate surface area is 169 Å². The van der Waals surface area contributed by atoms with Gasteiger partial charge in [-0.2, -0.15) is 5.10 Å². The van der Waals surface area contributed by atoms with Crippen LogP contribution >= 0.6 is 31.9 Å². The molecule has 1 heterocycles. The SMILES string of the molecule is Cc1ccc(-c2cc(-c3ccccc3)nn2-c2cc(Br)cc(Br)c2)cc1. The lowest BCUT2D eigenvalue weighted by molar-refractivity contribution is 0.890. The lowest BCUT2D eigenvalue weighted by atomic mass is 10.1. The molecule has 4 aromatic rings. The molecule has 0 spiro atoms. The van der Waals surface area contributed by atoms with Crippen molar-refractivity contribution in [1.29, 1.82) is 0 Å². The third-order valence-electron chi connectivity index (χ3n) is 4.22. The standard InChI is InChI=1S/C22H16Br2N2/c1-15-7-9-17(10-8-15)22-14-21(16-5-3-2-4-6-16)25-26(22)20-12-18(23)11-19(24)13-20/h2-14H,1H3. The molecule has 2 nitrogen and oxygen atoms in total. The molecule has 0 radical (unpaired) electrons. The highest BCUT2D eigenvalue weighted by atomic mass is 79.9. The summed E-state index contributed by atoms with van der Waals surface area (Å²) in [5.41, 5.74) is 6.51. The second-order valence-electron chi connectivity index (χ2n) is 6.19. The van der Waals surface area contributed by atoms with Gasteiger partial charge in [0.25, 0.3) is 0 Å². The maximum atomic E-state index is 4.91. The van der Waals surface area contributed by atoms with Crippen molar-refractivity contribution in [2.45, 2.75) is 6.92 Å². The van der Waals surface area contributed by atoms with Crippen molar-refractivity contribution >= 4 is 31.9 Å². The Hall–Kier alpha value is -2.17. The fraction of sp³-hybridized carbons (Fsp3) is 0.0455. The number of aromatic nitrogens is 2. The molecule has 128 valence electrons. The first-order valence-electron chi connectivity index (χ1n) is 8.29. The van der Waals surface area contributed by atoms with E-state index >= 15 is 0 Å². The van der Waals surface area contributed by atoms with Crippen molar-refractivity contribution in [2.24, 2.45) is 0 Å². The fourth-order valence-corrected chi connectivity index (χ4v) is 4.19. The Bertz CT molecular complexity index is 1030. The van der Waals surface area contributed by atoms with E-state index in [1.807, 2.05) is 28.9 Å². The highest BCUT2D eigenvalue weighted by Crippen LogP contribution is 2.31. The third kappa shape index (κ3) is 3.53.